The molecule has 1 N–H and O–H groups in total. The largest absolute Gasteiger partial charge is 0.462 e. The van der Waals surface area contributed by atoms with Crippen LogP contribution in [0, 0.1) is 6.92 Å². The second-order valence-corrected chi connectivity index (χ2v) is 6.60. The van der Waals surface area contributed by atoms with Crippen LogP contribution >= 0.6 is 11.8 Å². The van der Waals surface area contributed by atoms with Gasteiger partial charge in [-0.2, -0.15) is 11.8 Å². The molecule has 1 amide bonds. The molecule has 0 bridgehead atoms. The fourth-order valence-corrected chi connectivity index (χ4v) is 2.99. The molecule has 3 aromatic rings. The zero-order valence-electron chi connectivity index (χ0n) is 14.2. The zero-order valence-corrected chi connectivity index (χ0v) is 15.0. The highest BCUT2D eigenvalue weighted by atomic mass is 32.2. The average Bonchev–Trinajstić information content (AvgIpc) is 3.23. The summed E-state index contributed by atoms with van der Waals surface area (Å²) in [5, 5.41) is 11.5. The number of nitrogens with one attached hydrogen (secondary N) is 1. The molecule has 0 fully saturated rings. The Morgan fingerprint density at radius 3 is 3.00 bits per heavy atom. The highest BCUT2D eigenvalue weighted by molar-refractivity contribution is 7.98. The molecule has 7 heteroatoms. The second kappa shape index (κ2) is 8.02. The Hall–Kier alpha value is -2.54. The Balaban J connectivity index is 1.76. The van der Waals surface area contributed by atoms with Crippen LogP contribution in [-0.2, 0) is 4.79 Å². The summed E-state index contributed by atoms with van der Waals surface area (Å²) >= 11 is 1.73. The van der Waals surface area contributed by atoms with Gasteiger partial charge < -0.3 is 9.73 Å². The van der Waals surface area contributed by atoms with Gasteiger partial charge in [0.05, 0.1) is 6.04 Å². The maximum absolute atomic E-state index is 12.3. The van der Waals surface area contributed by atoms with Crippen molar-refractivity contribution in [2.45, 2.75) is 19.4 Å². The van der Waals surface area contributed by atoms with Gasteiger partial charge in [0.1, 0.15) is 11.5 Å². The molecule has 6 nitrogen and oxygen atoms in total. The molecule has 0 aromatic carbocycles. The van der Waals surface area contributed by atoms with Crippen molar-refractivity contribution >= 4 is 29.4 Å². The van der Waals surface area contributed by atoms with Crippen LogP contribution in [0.5, 0.6) is 0 Å². The van der Waals surface area contributed by atoms with E-state index in [9.17, 15) is 4.79 Å². The summed E-state index contributed by atoms with van der Waals surface area (Å²) in [6.07, 6.45) is 7.87. The summed E-state index contributed by atoms with van der Waals surface area (Å²) in [5.74, 6) is 2.93. The van der Waals surface area contributed by atoms with Gasteiger partial charge in [0.15, 0.2) is 11.5 Å². The molecule has 1 unspecified atom stereocenters. The minimum atomic E-state index is -0.208. The Labute approximate surface area is 150 Å². The first kappa shape index (κ1) is 17.3. The van der Waals surface area contributed by atoms with Crippen LogP contribution in [0.1, 0.15) is 29.8 Å². The number of carbonyl (C=O) groups is 1. The van der Waals surface area contributed by atoms with Gasteiger partial charge in [0.25, 0.3) is 0 Å². The molecule has 0 saturated carbocycles. The van der Waals surface area contributed by atoms with Crippen molar-refractivity contribution in [3.8, 4) is 0 Å². The topological polar surface area (TPSA) is 72.4 Å². The predicted octanol–water partition coefficient (Wildman–Crippen LogP) is 3.25. The Kier molecular flexibility index (Phi) is 5.55. The lowest BCUT2D eigenvalue weighted by atomic mass is 10.2. The third-order valence-electron chi connectivity index (χ3n) is 3.74. The number of aromatic nitrogens is 3. The quantitative estimate of drug-likeness (QED) is 0.658. The van der Waals surface area contributed by atoms with E-state index in [1.165, 1.54) is 6.08 Å². The van der Waals surface area contributed by atoms with E-state index in [0.29, 0.717) is 5.76 Å². The summed E-state index contributed by atoms with van der Waals surface area (Å²) < 4.78 is 7.34. The normalized spacial score (nSPS) is 12.7. The number of hydrogen-bond donors (Lipinski definition) is 1. The maximum atomic E-state index is 12.3. The highest BCUT2D eigenvalue weighted by Gasteiger charge is 2.19. The van der Waals surface area contributed by atoms with Gasteiger partial charge in [-0.3, -0.25) is 9.20 Å². The Bertz CT molecular complexity index is 884. The molecule has 0 aliphatic carbocycles. The van der Waals surface area contributed by atoms with E-state index >= 15 is 0 Å². The van der Waals surface area contributed by atoms with Crippen LogP contribution in [0.15, 0.2) is 47.0 Å². The van der Waals surface area contributed by atoms with Crippen molar-refractivity contribution in [3.63, 3.8) is 0 Å². The van der Waals surface area contributed by atoms with Gasteiger partial charge in [-0.25, -0.2) is 0 Å². The number of nitrogens with zero attached hydrogens (tertiary/aromatic N) is 3. The van der Waals surface area contributed by atoms with Crippen molar-refractivity contribution in [3.05, 3.63) is 59.9 Å². The van der Waals surface area contributed by atoms with E-state index in [4.69, 9.17) is 4.42 Å². The molecule has 3 heterocycles. The minimum absolute atomic E-state index is 0.187. The number of hydrogen-bond acceptors (Lipinski definition) is 5. The van der Waals surface area contributed by atoms with Gasteiger partial charge in [-0.1, -0.05) is 6.07 Å². The fourth-order valence-electron chi connectivity index (χ4n) is 2.52. The number of pyridine rings is 1. The van der Waals surface area contributed by atoms with Gasteiger partial charge in [-0.15, -0.1) is 10.2 Å². The standard InChI is InChI=1S/C18H20N4O2S/c1-13-6-7-14(24-13)8-9-17(23)19-15(10-12-25-2)18-21-20-16-5-3-4-11-22(16)18/h3-9,11,15H,10,12H2,1-2H3,(H,19,23). The number of amides is 1. The first-order valence-corrected chi connectivity index (χ1v) is 9.40. The SMILES string of the molecule is CSCCC(NC(=O)C=Cc1ccc(C)o1)c1nnc2ccccn12. The van der Waals surface area contributed by atoms with Gasteiger partial charge >= 0.3 is 0 Å². The lowest BCUT2D eigenvalue weighted by molar-refractivity contribution is -0.117. The molecule has 0 aliphatic heterocycles. The third kappa shape index (κ3) is 4.30. The molecular formula is C18H20N4O2S. The average molecular weight is 356 g/mol. The molecule has 130 valence electrons. The molecule has 0 radical (unpaired) electrons. The predicted molar refractivity (Wildman–Crippen MR) is 99.3 cm³/mol. The molecule has 3 rings (SSSR count). The number of fused-ring (bicyclic) bond motifs is 1. The van der Waals surface area contributed by atoms with Crippen LogP contribution in [0.25, 0.3) is 11.7 Å². The summed E-state index contributed by atoms with van der Waals surface area (Å²) in [6.45, 7) is 1.87. The number of aryl methyl sites for hydroxylation is 1. The molecule has 3 aromatic heterocycles. The first-order chi connectivity index (χ1) is 12.2. The first-order valence-electron chi connectivity index (χ1n) is 8.01. The van der Waals surface area contributed by atoms with Gasteiger partial charge in [-0.05, 0) is 55.7 Å². The number of carbonyl (C=O) groups excluding carboxylic acids is 1. The second-order valence-electron chi connectivity index (χ2n) is 5.61. The smallest absolute Gasteiger partial charge is 0.244 e. The van der Waals surface area contributed by atoms with Crippen LogP contribution in [0.4, 0.5) is 0 Å². The van der Waals surface area contributed by atoms with Crippen molar-refractivity contribution in [2.75, 3.05) is 12.0 Å². The lowest BCUT2D eigenvalue weighted by Gasteiger charge is -2.15. The van der Waals surface area contributed by atoms with E-state index in [1.54, 1.807) is 17.8 Å². The summed E-state index contributed by atoms with van der Waals surface area (Å²) in [7, 11) is 0. The van der Waals surface area contributed by atoms with Crippen molar-refractivity contribution in [1.82, 2.24) is 19.9 Å². The number of thioether (sulfide) groups is 1. The maximum Gasteiger partial charge on any atom is 0.244 e. The van der Waals surface area contributed by atoms with Crippen LogP contribution in [-0.4, -0.2) is 32.5 Å². The molecule has 0 aliphatic rings. The molecule has 0 spiro atoms. The molecule has 1 atom stereocenters. The van der Waals surface area contributed by atoms with E-state index < -0.39 is 0 Å². The van der Waals surface area contributed by atoms with E-state index in [-0.39, 0.29) is 11.9 Å². The van der Waals surface area contributed by atoms with Crippen molar-refractivity contribution < 1.29 is 9.21 Å². The number of furan rings is 1. The van der Waals surface area contributed by atoms with E-state index in [2.05, 4.69) is 15.5 Å². The zero-order chi connectivity index (χ0) is 17.6. The Morgan fingerprint density at radius 1 is 1.36 bits per heavy atom. The van der Waals surface area contributed by atoms with E-state index in [0.717, 1.165) is 29.4 Å². The highest BCUT2D eigenvalue weighted by Crippen LogP contribution is 2.18. The Morgan fingerprint density at radius 2 is 2.24 bits per heavy atom. The van der Waals surface area contributed by atoms with Crippen LogP contribution < -0.4 is 5.32 Å². The lowest BCUT2D eigenvalue weighted by Crippen LogP contribution is -2.29. The summed E-state index contributed by atoms with van der Waals surface area (Å²) in [6, 6.07) is 9.21. The van der Waals surface area contributed by atoms with E-state index in [1.807, 2.05) is 54.1 Å². The van der Waals surface area contributed by atoms with Crippen molar-refractivity contribution in [1.29, 1.82) is 0 Å². The summed E-state index contributed by atoms with van der Waals surface area (Å²) in [5.41, 5.74) is 0.766. The minimum Gasteiger partial charge on any atom is -0.462 e. The summed E-state index contributed by atoms with van der Waals surface area (Å²) in [4.78, 5) is 12.3. The molecule has 25 heavy (non-hydrogen) atoms. The monoisotopic (exact) mass is 356 g/mol. The third-order valence-corrected chi connectivity index (χ3v) is 4.38. The fraction of sp³-hybridized carbons (Fsp3) is 0.278. The van der Waals surface area contributed by atoms with Gasteiger partial charge in [0, 0.05) is 12.3 Å². The van der Waals surface area contributed by atoms with Crippen LogP contribution in [0.2, 0.25) is 0 Å². The molecular weight excluding hydrogens is 336 g/mol. The molecule has 0 saturated heterocycles. The van der Waals surface area contributed by atoms with Crippen molar-refractivity contribution in [2.24, 2.45) is 0 Å². The van der Waals surface area contributed by atoms with Gasteiger partial charge in [0.2, 0.25) is 5.91 Å². The van der Waals surface area contributed by atoms with Crippen LogP contribution in [0.3, 0.4) is 0 Å². The number of rotatable bonds is 7.